The highest BCUT2D eigenvalue weighted by Crippen LogP contribution is 2.17. The topological polar surface area (TPSA) is 58.6 Å². The van der Waals surface area contributed by atoms with E-state index in [9.17, 15) is 9.59 Å². The van der Waals surface area contributed by atoms with Crippen LogP contribution >= 0.6 is 0 Å². The molecule has 0 spiro atoms. The first kappa shape index (κ1) is 17.4. The van der Waals surface area contributed by atoms with Crippen LogP contribution in [0, 0.1) is 18.3 Å². The van der Waals surface area contributed by atoms with Gasteiger partial charge in [-0.1, -0.05) is 0 Å². The lowest BCUT2D eigenvalue weighted by Crippen LogP contribution is -2.33. The summed E-state index contributed by atoms with van der Waals surface area (Å²) < 4.78 is 5.14. The van der Waals surface area contributed by atoms with Gasteiger partial charge in [-0.2, -0.15) is 0 Å². The molecule has 1 N–H and O–H groups in total. The Morgan fingerprint density at radius 2 is 2.14 bits per heavy atom. The number of carbonyl (C=O) groups is 2. The second kappa shape index (κ2) is 7.92. The molecule has 0 aromatic rings. The standard InChI is InChI=1S/C16H26N2O3/c1-5-13-11-14(19)18(12-13)10-8-6-7-9-17-15(20)21-16(2,3)4/h1,13H,6-12H2,2-4H3,(H,17,20). The van der Waals surface area contributed by atoms with E-state index in [1.54, 1.807) is 0 Å². The summed E-state index contributed by atoms with van der Waals surface area (Å²) in [7, 11) is 0. The van der Waals surface area contributed by atoms with Crippen molar-refractivity contribution in [1.82, 2.24) is 10.2 Å². The number of nitrogens with zero attached hydrogens (tertiary/aromatic N) is 1. The molecule has 118 valence electrons. The van der Waals surface area contributed by atoms with Gasteiger partial charge in [-0.05, 0) is 40.0 Å². The van der Waals surface area contributed by atoms with Crippen molar-refractivity contribution in [2.75, 3.05) is 19.6 Å². The monoisotopic (exact) mass is 294 g/mol. The number of hydrogen-bond donors (Lipinski definition) is 1. The number of rotatable bonds is 6. The molecule has 1 unspecified atom stereocenters. The third kappa shape index (κ3) is 7.03. The summed E-state index contributed by atoms with van der Waals surface area (Å²) in [5.74, 6) is 2.87. The minimum Gasteiger partial charge on any atom is -0.444 e. The largest absolute Gasteiger partial charge is 0.444 e. The Hall–Kier alpha value is -1.70. The molecule has 1 aliphatic rings. The number of alkyl carbamates (subject to hydrolysis) is 1. The minimum absolute atomic E-state index is 0.0753. The molecular weight excluding hydrogens is 268 g/mol. The minimum atomic E-state index is -0.465. The molecule has 0 bridgehead atoms. The molecule has 1 atom stereocenters. The highest BCUT2D eigenvalue weighted by molar-refractivity contribution is 5.79. The molecule has 0 aromatic carbocycles. The quantitative estimate of drug-likeness (QED) is 0.603. The Kier molecular flexibility index (Phi) is 6.54. The highest BCUT2D eigenvalue weighted by atomic mass is 16.6. The van der Waals surface area contributed by atoms with E-state index in [0.717, 1.165) is 25.8 Å². The molecule has 5 heteroatoms. The average Bonchev–Trinajstić information content (AvgIpc) is 2.72. The molecule has 1 fully saturated rings. The van der Waals surface area contributed by atoms with Gasteiger partial charge in [0.05, 0.1) is 0 Å². The summed E-state index contributed by atoms with van der Waals surface area (Å²) >= 11 is 0. The molecule has 1 rings (SSSR count). The van der Waals surface area contributed by atoms with Crippen molar-refractivity contribution in [3.8, 4) is 12.3 Å². The normalized spacial score (nSPS) is 18.5. The first-order chi connectivity index (χ1) is 9.81. The van der Waals surface area contributed by atoms with Crippen LogP contribution in [0.25, 0.3) is 0 Å². The number of unbranched alkanes of at least 4 members (excludes halogenated alkanes) is 2. The lowest BCUT2D eigenvalue weighted by atomic mass is 10.1. The second-order valence-corrected chi connectivity index (χ2v) is 6.40. The van der Waals surface area contributed by atoms with E-state index in [0.29, 0.717) is 19.5 Å². The fourth-order valence-electron chi connectivity index (χ4n) is 2.21. The van der Waals surface area contributed by atoms with Crippen LogP contribution in [0.5, 0.6) is 0 Å². The van der Waals surface area contributed by atoms with Crippen LogP contribution in [0.15, 0.2) is 0 Å². The molecule has 1 aliphatic heterocycles. The van der Waals surface area contributed by atoms with Gasteiger partial charge in [-0.15, -0.1) is 12.3 Å². The zero-order chi connectivity index (χ0) is 15.9. The summed E-state index contributed by atoms with van der Waals surface area (Å²) in [5.41, 5.74) is -0.465. The Morgan fingerprint density at radius 1 is 1.43 bits per heavy atom. The number of hydrogen-bond acceptors (Lipinski definition) is 3. The molecule has 1 saturated heterocycles. The van der Waals surface area contributed by atoms with Crippen molar-refractivity contribution in [1.29, 1.82) is 0 Å². The Balaban J connectivity index is 2.04. The lowest BCUT2D eigenvalue weighted by molar-refractivity contribution is -0.127. The van der Waals surface area contributed by atoms with Gasteiger partial charge in [-0.3, -0.25) is 4.79 Å². The van der Waals surface area contributed by atoms with Crippen LogP contribution in [0.3, 0.4) is 0 Å². The SMILES string of the molecule is C#CC1CC(=O)N(CCCCCNC(=O)OC(C)(C)C)C1. The fraction of sp³-hybridized carbons (Fsp3) is 0.750. The predicted octanol–water partition coefficient (Wildman–Crippen LogP) is 2.16. The van der Waals surface area contributed by atoms with Crippen molar-refractivity contribution in [2.45, 2.75) is 52.1 Å². The zero-order valence-corrected chi connectivity index (χ0v) is 13.3. The number of likely N-dealkylation sites (tertiary alicyclic amines) is 1. The molecule has 0 aliphatic carbocycles. The first-order valence-electron chi connectivity index (χ1n) is 7.52. The van der Waals surface area contributed by atoms with Gasteiger partial charge in [0.15, 0.2) is 0 Å². The van der Waals surface area contributed by atoms with Crippen molar-refractivity contribution in [3.05, 3.63) is 0 Å². The van der Waals surface area contributed by atoms with E-state index in [-0.39, 0.29) is 17.9 Å². The lowest BCUT2D eigenvalue weighted by Gasteiger charge is -2.19. The van der Waals surface area contributed by atoms with Gasteiger partial charge >= 0.3 is 6.09 Å². The number of terminal acetylenes is 1. The molecule has 0 aromatic heterocycles. The summed E-state index contributed by atoms with van der Waals surface area (Å²) in [6.45, 7) is 7.54. The van der Waals surface area contributed by atoms with Crippen molar-refractivity contribution < 1.29 is 14.3 Å². The highest BCUT2D eigenvalue weighted by Gasteiger charge is 2.27. The molecule has 0 radical (unpaired) electrons. The van der Waals surface area contributed by atoms with E-state index < -0.39 is 5.60 Å². The summed E-state index contributed by atoms with van der Waals surface area (Å²) in [4.78, 5) is 24.9. The second-order valence-electron chi connectivity index (χ2n) is 6.40. The van der Waals surface area contributed by atoms with E-state index in [1.165, 1.54) is 0 Å². The van der Waals surface area contributed by atoms with E-state index in [4.69, 9.17) is 11.2 Å². The summed E-state index contributed by atoms with van der Waals surface area (Å²) in [5, 5.41) is 2.72. The van der Waals surface area contributed by atoms with E-state index in [1.807, 2.05) is 25.7 Å². The first-order valence-corrected chi connectivity index (χ1v) is 7.52. The van der Waals surface area contributed by atoms with Crippen LogP contribution in [-0.2, 0) is 9.53 Å². The van der Waals surface area contributed by atoms with Gasteiger partial charge in [0.25, 0.3) is 0 Å². The van der Waals surface area contributed by atoms with Gasteiger partial charge in [-0.25, -0.2) is 4.79 Å². The van der Waals surface area contributed by atoms with Crippen LogP contribution < -0.4 is 5.32 Å². The number of ether oxygens (including phenoxy) is 1. The maximum atomic E-state index is 11.6. The predicted molar refractivity (Wildman–Crippen MR) is 81.6 cm³/mol. The van der Waals surface area contributed by atoms with Crippen molar-refractivity contribution in [2.24, 2.45) is 5.92 Å². The number of nitrogens with one attached hydrogen (secondary N) is 1. The van der Waals surface area contributed by atoms with Crippen molar-refractivity contribution in [3.63, 3.8) is 0 Å². The Labute approximate surface area is 127 Å². The maximum Gasteiger partial charge on any atom is 0.407 e. The third-order valence-electron chi connectivity index (χ3n) is 3.22. The fourth-order valence-corrected chi connectivity index (χ4v) is 2.21. The third-order valence-corrected chi connectivity index (χ3v) is 3.22. The van der Waals surface area contributed by atoms with E-state index >= 15 is 0 Å². The molecule has 5 nitrogen and oxygen atoms in total. The van der Waals surface area contributed by atoms with Crippen molar-refractivity contribution >= 4 is 12.0 Å². The van der Waals surface area contributed by atoms with Crippen LogP contribution in [0.4, 0.5) is 4.79 Å². The van der Waals surface area contributed by atoms with Crippen LogP contribution in [-0.4, -0.2) is 42.1 Å². The zero-order valence-electron chi connectivity index (χ0n) is 13.3. The number of carbonyl (C=O) groups excluding carboxylic acids is 2. The van der Waals surface area contributed by atoms with Gasteiger partial charge in [0.1, 0.15) is 5.60 Å². The molecule has 1 heterocycles. The molecule has 21 heavy (non-hydrogen) atoms. The molecule has 0 saturated carbocycles. The Morgan fingerprint density at radius 3 is 2.71 bits per heavy atom. The number of amides is 2. The van der Waals surface area contributed by atoms with Gasteiger partial charge in [0, 0.05) is 32.0 Å². The van der Waals surface area contributed by atoms with Gasteiger partial charge in [0.2, 0.25) is 5.91 Å². The van der Waals surface area contributed by atoms with Crippen LogP contribution in [0.1, 0.15) is 46.5 Å². The van der Waals surface area contributed by atoms with Gasteiger partial charge < -0.3 is 15.0 Å². The average molecular weight is 294 g/mol. The molecule has 2 amide bonds. The van der Waals surface area contributed by atoms with Crippen LogP contribution in [0.2, 0.25) is 0 Å². The smallest absolute Gasteiger partial charge is 0.407 e. The van der Waals surface area contributed by atoms with E-state index in [2.05, 4.69) is 11.2 Å². The Bertz CT molecular complexity index is 407. The summed E-state index contributed by atoms with van der Waals surface area (Å²) in [6, 6.07) is 0. The molecular formula is C16H26N2O3. The summed E-state index contributed by atoms with van der Waals surface area (Å²) in [6.07, 6.45) is 8.21. The maximum absolute atomic E-state index is 11.6.